The third-order valence-electron chi connectivity index (χ3n) is 9.18. The summed E-state index contributed by atoms with van der Waals surface area (Å²) < 4.78 is 5.60. The fourth-order valence-electron chi connectivity index (χ4n) is 6.74. The molecule has 10 nitrogen and oxygen atoms in total. The minimum absolute atomic E-state index is 0.00740. The first kappa shape index (κ1) is 32.5. The molecule has 0 bridgehead atoms. The second-order valence-electron chi connectivity index (χ2n) is 13.5. The number of amides is 2. The minimum atomic E-state index is -0.867. The van der Waals surface area contributed by atoms with Crippen molar-refractivity contribution in [3.05, 3.63) is 112 Å². The molecular weight excluding hydrogens is 664 g/mol. The van der Waals surface area contributed by atoms with Crippen LogP contribution in [0.15, 0.2) is 73.1 Å². The van der Waals surface area contributed by atoms with Crippen molar-refractivity contribution < 1.29 is 19.4 Å². The molecule has 0 aliphatic carbocycles. The molecule has 2 aliphatic heterocycles. The number of aromatic nitrogens is 4. The van der Waals surface area contributed by atoms with Crippen LogP contribution < -0.4 is 15.4 Å². The van der Waals surface area contributed by atoms with Gasteiger partial charge in [-0.05, 0) is 49.8 Å². The number of nitrogens with zero attached hydrogens (tertiary/aromatic N) is 2. The number of carbonyl (C=O) groups excluding carboxylic acids is 2. The van der Waals surface area contributed by atoms with Gasteiger partial charge in [-0.1, -0.05) is 54.1 Å². The number of fused-ring (bicyclic) bond motifs is 10. The Bertz CT molecular complexity index is 2530. The largest absolute Gasteiger partial charge is 0.491 e. The van der Waals surface area contributed by atoms with Crippen LogP contribution in [0.4, 0.5) is 0 Å². The van der Waals surface area contributed by atoms with E-state index in [0.29, 0.717) is 18.2 Å². The lowest BCUT2D eigenvalue weighted by atomic mass is 10.0. The van der Waals surface area contributed by atoms with Gasteiger partial charge in [-0.25, -0.2) is 4.98 Å². The zero-order chi connectivity index (χ0) is 35.3. The zero-order valence-electron chi connectivity index (χ0n) is 28.1. The number of carbonyl (C=O) groups is 2. The summed E-state index contributed by atoms with van der Waals surface area (Å²) in [6.07, 6.45) is 9.22. The number of hydrogen-bond donors (Lipinski definition) is 5. The highest BCUT2D eigenvalue weighted by Gasteiger charge is 2.24. The molecule has 0 unspecified atom stereocenters. The molecule has 4 aromatic heterocycles. The third-order valence-corrected chi connectivity index (χ3v) is 9.39. The maximum absolute atomic E-state index is 12.4. The van der Waals surface area contributed by atoms with Crippen molar-refractivity contribution in [2.24, 2.45) is 0 Å². The quantitative estimate of drug-likeness (QED) is 0.123. The summed E-state index contributed by atoms with van der Waals surface area (Å²) in [4.78, 5) is 39.8. The predicted octanol–water partition coefficient (Wildman–Crippen LogP) is 6.98. The summed E-state index contributed by atoms with van der Waals surface area (Å²) in [6.45, 7) is 5.01. The van der Waals surface area contributed by atoms with E-state index in [2.05, 4.69) is 36.6 Å². The first-order chi connectivity index (χ1) is 24.6. The molecule has 0 saturated heterocycles. The van der Waals surface area contributed by atoms with Gasteiger partial charge in [0.1, 0.15) is 17.5 Å². The van der Waals surface area contributed by atoms with Crippen molar-refractivity contribution >= 4 is 78.9 Å². The molecule has 0 fully saturated rings. The Kier molecular flexibility index (Phi) is 8.20. The van der Waals surface area contributed by atoms with Crippen LogP contribution in [-0.4, -0.2) is 62.2 Å². The van der Waals surface area contributed by atoms with E-state index in [1.165, 1.54) is 0 Å². The standard InChI is InChI=1S/C26H25N3O3.C14H10ClN3O/c1-26(2,31)15-32-19-8-4-16(5-9-19)3-7-18-13-21-17(14-28-18)6-10-20-23-22(29-24(20)21)11-12-27-25(23)30;15-11-5-9-7(6-17-11)1-2-8-12-10(18-13(8)9)3-4-16-14(12)19/h3-10,13-14,29,31H,11-12,15H2,1-2H3,(H,27,30);1-2,5-6,18H,3-4H2,(H,16,19)/b7-3+;. The second-order valence-corrected chi connectivity index (χ2v) is 13.9. The van der Waals surface area contributed by atoms with Gasteiger partial charge >= 0.3 is 0 Å². The maximum atomic E-state index is 12.4. The molecule has 0 radical (unpaired) electrons. The molecule has 2 amide bonds. The number of aliphatic hydroxyl groups is 1. The van der Waals surface area contributed by atoms with Gasteiger partial charge in [-0.15, -0.1) is 0 Å². The zero-order valence-corrected chi connectivity index (χ0v) is 28.8. The van der Waals surface area contributed by atoms with Crippen LogP contribution in [-0.2, 0) is 12.8 Å². The molecule has 11 heteroatoms. The highest BCUT2D eigenvalue weighted by Crippen LogP contribution is 2.33. The summed E-state index contributed by atoms with van der Waals surface area (Å²) in [5.41, 5.74) is 6.45. The molecule has 0 spiro atoms. The van der Waals surface area contributed by atoms with Gasteiger partial charge < -0.3 is 30.4 Å². The smallest absolute Gasteiger partial charge is 0.253 e. The van der Waals surface area contributed by atoms with E-state index in [1.54, 1.807) is 20.0 Å². The number of pyridine rings is 2. The fourth-order valence-corrected chi connectivity index (χ4v) is 6.90. The van der Waals surface area contributed by atoms with Gasteiger partial charge in [0.2, 0.25) is 0 Å². The first-order valence-corrected chi connectivity index (χ1v) is 17.2. The number of aromatic amines is 2. The van der Waals surface area contributed by atoms with Gasteiger partial charge in [0.15, 0.2) is 0 Å². The Hall–Kier alpha value is -5.71. The molecule has 7 aromatic rings. The lowest BCUT2D eigenvalue weighted by Crippen LogP contribution is -2.31. The van der Waals surface area contributed by atoms with E-state index < -0.39 is 5.60 Å². The monoisotopic (exact) mass is 698 g/mol. The van der Waals surface area contributed by atoms with E-state index >= 15 is 0 Å². The van der Waals surface area contributed by atoms with Crippen LogP contribution in [0.3, 0.4) is 0 Å². The van der Waals surface area contributed by atoms with E-state index in [0.717, 1.165) is 95.7 Å². The molecular formula is C40H35ClN6O4. The van der Waals surface area contributed by atoms with Crippen molar-refractivity contribution in [1.82, 2.24) is 30.6 Å². The third kappa shape index (κ3) is 6.40. The Balaban J connectivity index is 0.000000166. The summed E-state index contributed by atoms with van der Waals surface area (Å²) >= 11 is 5.97. The van der Waals surface area contributed by atoms with Crippen LogP contribution in [0.2, 0.25) is 5.15 Å². The summed E-state index contributed by atoms with van der Waals surface area (Å²) in [6, 6.07) is 19.5. The average molecular weight is 699 g/mol. The molecule has 9 rings (SSSR count). The number of benzene rings is 3. The van der Waals surface area contributed by atoms with Gasteiger partial charge in [0.25, 0.3) is 11.8 Å². The number of H-pyrrole nitrogens is 2. The summed E-state index contributed by atoms with van der Waals surface area (Å²) in [5.74, 6) is 0.697. The van der Waals surface area contributed by atoms with E-state index in [-0.39, 0.29) is 18.4 Å². The average Bonchev–Trinajstić information content (AvgIpc) is 3.71. The van der Waals surface area contributed by atoms with Crippen molar-refractivity contribution in [1.29, 1.82) is 0 Å². The fraction of sp³-hybridized carbons (Fsp3) is 0.200. The highest BCUT2D eigenvalue weighted by molar-refractivity contribution is 6.30. The Morgan fingerprint density at radius 2 is 1.33 bits per heavy atom. The van der Waals surface area contributed by atoms with Crippen LogP contribution in [0, 0.1) is 0 Å². The Labute approximate surface area is 297 Å². The van der Waals surface area contributed by atoms with Crippen molar-refractivity contribution in [3.63, 3.8) is 0 Å². The van der Waals surface area contributed by atoms with Gasteiger partial charge in [-0.2, -0.15) is 0 Å². The van der Waals surface area contributed by atoms with Crippen molar-refractivity contribution in [2.75, 3.05) is 19.7 Å². The summed E-state index contributed by atoms with van der Waals surface area (Å²) in [7, 11) is 0. The van der Waals surface area contributed by atoms with Gasteiger partial charge in [-0.3, -0.25) is 14.6 Å². The molecule has 6 heterocycles. The highest BCUT2D eigenvalue weighted by atomic mass is 35.5. The number of rotatable bonds is 5. The number of nitrogens with one attached hydrogen (secondary N) is 4. The van der Waals surface area contributed by atoms with E-state index in [4.69, 9.17) is 16.3 Å². The number of ether oxygens (including phenoxy) is 1. The topological polar surface area (TPSA) is 145 Å². The maximum Gasteiger partial charge on any atom is 0.253 e. The molecule has 5 N–H and O–H groups in total. The molecule has 256 valence electrons. The Morgan fingerprint density at radius 1 is 0.765 bits per heavy atom. The van der Waals surface area contributed by atoms with Crippen molar-refractivity contribution in [3.8, 4) is 5.75 Å². The molecule has 0 saturated carbocycles. The summed E-state index contributed by atoms with van der Waals surface area (Å²) in [5, 5.41) is 22.0. The lowest BCUT2D eigenvalue weighted by Gasteiger charge is -2.17. The van der Waals surface area contributed by atoms with Crippen LogP contribution in [0.1, 0.15) is 57.2 Å². The SMILES string of the molecule is CC(C)(O)COc1ccc(/C=C/c2cc3c(ccc4c5c([nH]c43)CCNC5=O)cn2)cc1.O=C1NCCc2[nH]c3c(ccc4cnc(Cl)cc43)c21. The number of halogens is 1. The molecule has 0 atom stereocenters. The molecule has 3 aromatic carbocycles. The van der Waals surface area contributed by atoms with E-state index in [9.17, 15) is 14.7 Å². The predicted molar refractivity (Wildman–Crippen MR) is 201 cm³/mol. The molecule has 51 heavy (non-hydrogen) atoms. The number of hydrogen-bond acceptors (Lipinski definition) is 6. The van der Waals surface area contributed by atoms with Crippen LogP contribution >= 0.6 is 11.6 Å². The van der Waals surface area contributed by atoms with Crippen LogP contribution in [0.25, 0.3) is 55.5 Å². The second kappa shape index (κ2) is 12.9. The van der Waals surface area contributed by atoms with Crippen LogP contribution in [0.5, 0.6) is 5.75 Å². The van der Waals surface area contributed by atoms with Gasteiger partial charge in [0.05, 0.1) is 33.5 Å². The first-order valence-electron chi connectivity index (χ1n) is 16.8. The van der Waals surface area contributed by atoms with Gasteiger partial charge in [0, 0.05) is 82.0 Å². The van der Waals surface area contributed by atoms with Crippen molar-refractivity contribution in [2.45, 2.75) is 32.3 Å². The lowest BCUT2D eigenvalue weighted by molar-refractivity contribution is 0.0285. The van der Waals surface area contributed by atoms with E-state index in [1.807, 2.05) is 72.9 Å². The Morgan fingerprint density at radius 3 is 1.92 bits per heavy atom. The molecule has 2 aliphatic rings. The normalized spacial score (nSPS) is 14.4. The minimum Gasteiger partial charge on any atom is -0.491 e.